The Morgan fingerprint density at radius 1 is 1.10 bits per heavy atom. The van der Waals surface area contributed by atoms with Crippen molar-refractivity contribution in [3.05, 3.63) is 78.1 Å². The first-order valence-electron chi connectivity index (χ1n) is 13.0. The number of hydrogen-bond donors (Lipinski definition) is 2. The highest BCUT2D eigenvalue weighted by atomic mass is 16.7. The largest absolute Gasteiger partial charge is 0.433 e. The molecule has 3 aromatic rings. The quantitative estimate of drug-likeness (QED) is 0.428. The molecule has 4 atom stereocenters. The predicted molar refractivity (Wildman–Crippen MR) is 141 cm³/mol. The molecule has 0 radical (unpaired) electrons. The Morgan fingerprint density at radius 2 is 1.85 bits per heavy atom. The number of esters is 1. The number of fused-ring (bicyclic) bond motifs is 1. The second-order valence-electron chi connectivity index (χ2n) is 9.78. The summed E-state index contributed by atoms with van der Waals surface area (Å²) >= 11 is 0. The molecule has 10 heteroatoms. The molecule has 202 valence electrons. The number of rotatable bonds is 8. The number of benzene rings is 2. The number of nitrogens with zero attached hydrogens (tertiary/aromatic N) is 2. The molecule has 3 amide bonds. The van der Waals surface area contributed by atoms with Crippen molar-refractivity contribution in [1.29, 1.82) is 0 Å². The van der Waals surface area contributed by atoms with Gasteiger partial charge in [-0.15, -0.1) is 0 Å². The van der Waals surface area contributed by atoms with Gasteiger partial charge in [-0.2, -0.15) is 0 Å². The molecular formula is C29H30N4O6. The first-order valence-corrected chi connectivity index (χ1v) is 13.0. The highest BCUT2D eigenvalue weighted by Gasteiger charge is 2.41. The summed E-state index contributed by atoms with van der Waals surface area (Å²) in [5, 5.41) is 7.33. The lowest BCUT2D eigenvalue weighted by atomic mass is 10.1. The Morgan fingerprint density at radius 3 is 2.64 bits per heavy atom. The van der Waals surface area contributed by atoms with Gasteiger partial charge in [-0.05, 0) is 36.8 Å². The van der Waals surface area contributed by atoms with Crippen LogP contribution in [0.1, 0.15) is 42.2 Å². The van der Waals surface area contributed by atoms with Crippen molar-refractivity contribution in [2.45, 2.75) is 57.2 Å². The molecule has 3 heterocycles. The molecule has 2 aliphatic rings. The summed E-state index contributed by atoms with van der Waals surface area (Å²) in [5.41, 5.74) is 1.12. The van der Waals surface area contributed by atoms with Crippen molar-refractivity contribution >= 4 is 34.5 Å². The highest BCUT2D eigenvalue weighted by Crippen LogP contribution is 2.22. The van der Waals surface area contributed by atoms with Gasteiger partial charge in [0.1, 0.15) is 23.8 Å². The molecule has 0 bridgehead atoms. The maximum Gasteiger partial charge on any atom is 0.310 e. The summed E-state index contributed by atoms with van der Waals surface area (Å²) in [6.07, 6.45) is 1.80. The molecule has 0 spiro atoms. The van der Waals surface area contributed by atoms with Crippen molar-refractivity contribution in [2.75, 3.05) is 6.54 Å². The minimum Gasteiger partial charge on any atom is -0.433 e. The Bertz CT molecular complexity index is 1380. The Balaban J connectivity index is 1.18. The summed E-state index contributed by atoms with van der Waals surface area (Å²) in [7, 11) is 0. The molecule has 2 aromatic carbocycles. The third-order valence-electron chi connectivity index (χ3n) is 6.97. The van der Waals surface area contributed by atoms with E-state index >= 15 is 0 Å². The van der Waals surface area contributed by atoms with E-state index in [0.717, 1.165) is 16.3 Å². The number of nitrogens with one attached hydrogen (secondary N) is 2. The zero-order valence-corrected chi connectivity index (χ0v) is 21.5. The van der Waals surface area contributed by atoms with E-state index in [4.69, 9.17) is 9.47 Å². The standard InChI is InChI=1S/C29H30N4O6/c1-18(31-26(35)22-14-20-10-5-6-11-21(20)16-30-22)28(37)33-13-7-12-24(33)27(36)32-23-15-25(34)39-29(23)38-17-19-8-3-2-4-9-19/h2-6,8-11,14,16,18,23-24,29H,7,12-13,15,17H2,1H3,(H,31,35)(H,32,36)/t18-,23?,24-,29?/m0/s1. The molecule has 5 rings (SSSR count). The van der Waals surface area contributed by atoms with Gasteiger partial charge in [0, 0.05) is 18.1 Å². The molecule has 2 fully saturated rings. The molecule has 2 aliphatic heterocycles. The second-order valence-corrected chi connectivity index (χ2v) is 9.78. The maximum atomic E-state index is 13.3. The first-order chi connectivity index (χ1) is 18.9. The lowest BCUT2D eigenvalue weighted by molar-refractivity contribution is -0.168. The van der Waals surface area contributed by atoms with Gasteiger partial charge in [0.15, 0.2) is 0 Å². The van der Waals surface area contributed by atoms with E-state index in [1.54, 1.807) is 19.2 Å². The van der Waals surface area contributed by atoms with Crippen LogP contribution in [-0.4, -0.2) is 64.5 Å². The number of carbonyl (C=O) groups is 4. The van der Waals surface area contributed by atoms with Crippen LogP contribution >= 0.6 is 0 Å². The van der Waals surface area contributed by atoms with Gasteiger partial charge in [0.05, 0.1) is 13.0 Å². The topological polar surface area (TPSA) is 127 Å². The normalized spacial score (nSPS) is 21.4. The number of pyridine rings is 1. The third kappa shape index (κ3) is 6.06. The molecule has 2 N–H and O–H groups in total. The van der Waals surface area contributed by atoms with Crippen molar-refractivity contribution in [3.63, 3.8) is 0 Å². The van der Waals surface area contributed by atoms with E-state index in [1.807, 2.05) is 54.6 Å². The summed E-state index contributed by atoms with van der Waals surface area (Å²) < 4.78 is 11.0. The number of aromatic nitrogens is 1. The number of amides is 3. The smallest absolute Gasteiger partial charge is 0.310 e. The van der Waals surface area contributed by atoms with Crippen LogP contribution in [-0.2, 0) is 30.5 Å². The number of likely N-dealkylation sites (tertiary alicyclic amines) is 1. The van der Waals surface area contributed by atoms with Gasteiger partial charge < -0.3 is 25.0 Å². The summed E-state index contributed by atoms with van der Waals surface area (Å²) in [4.78, 5) is 56.9. The van der Waals surface area contributed by atoms with Crippen LogP contribution in [0.2, 0.25) is 0 Å². The Kier molecular flexibility index (Phi) is 7.83. The van der Waals surface area contributed by atoms with Gasteiger partial charge in [-0.1, -0.05) is 54.6 Å². The molecule has 2 unspecified atom stereocenters. The fraction of sp³-hybridized carbons (Fsp3) is 0.345. The van der Waals surface area contributed by atoms with Crippen molar-refractivity contribution < 1.29 is 28.7 Å². The maximum absolute atomic E-state index is 13.3. The zero-order chi connectivity index (χ0) is 27.4. The third-order valence-corrected chi connectivity index (χ3v) is 6.97. The minimum absolute atomic E-state index is 0.0168. The van der Waals surface area contributed by atoms with Gasteiger partial charge in [-0.25, -0.2) is 0 Å². The van der Waals surface area contributed by atoms with E-state index in [-0.39, 0.29) is 30.5 Å². The van der Waals surface area contributed by atoms with Crippen molar-refractivity contribution in [1.82, 2.24) is 20.5 Å². The molecule has 0 saturated carbocycles. The lowest BCUT2D eigenvalue weighted by Crippen LogP contribution is -2.54. The molecule has 39 heavy (non-hydrogen) atoms. The lowest BCUT2D eigenvalue weighted by Gasteiger charge is -2.28. The van der Waals surface area contributed by atoms with Gasteiger partial charge >= 0.3 is 5.97 Å². The molecule has 2 saturated heterocycles. The van der Waals surface area contributed by atoms with Crippen LogP contribution < -0.4 is 10.6 Å². The van der Waals surface area contributed by atoms with Gasteiger partial charge in [0.2, 0.25) is 18.1 Å². The van der Waals surface area contributed by atoms with Crippen LogP contribution in [0.5, 0.6) is 0 Å². The number of hydrogen-bond acceptors (Lipinski definition) is 7. The SMILES string of the molecule is C[C@H](NC(=O)c1cc2ccccc2cn1)C(=O)N1CCC[C@H]1C(=O)NC1CC(=O)OC1OCc1ccccc1. The fourth-order valence-corrected chi connectivity index (χ4v) is 4.93. The Hall–Kier alpha value is -4.31. The Labute approximate surface area is 225 Å². The highest BCUT2D eigenvalue weighted by molar-refractivity contribution is 5.99. The van der Waals surface area contributed by atoms with E-state index in [9.17, 15) is 19.2 Å². The minimum atomic E-state index is -0.917. The average molecular weight is 531 g/mol. The monoisotopic (exact) mass is 530 g/mol. The first kappa shape index (κ1) is 26.3. The summed E-state index contributed by atoms with van der Waals surface area (Å²) in [5.74, 6) is -1.68. The second kappa shape index (κ2) is 11.6. The van der Waals surface area contributed by atoms with Crippen LogP contribution in [0.25, 0.3) is 10.8 Å². The average Bonchev–Trinajstić information content (AvgIpc) is 3.58. The van der Waals surface area contributed by atoms with Crippen molar-refractivity contribution in [3.8, 4) is 0 Å². The molecule has 1 aromatic heterocycles. The van der Waals surface area contributed by atoms with Crippen molar-refractivity contribution in [2.24, 2.45) is 0 Å². The van der Waals surface area contributed by atoms with E-state index in [0.29, 0.717) is 19.4 Å². The number of ether oxygens (including phenoxy) is 2. The number of cyclic esters (lactones) is 1. The zero-order valence-electron chi connectivity index (χ0n) is 21.5. The molecular weight excluding hydrogens is 500 g/mol. The van der Waals surface area contributed by atoms with Crippen LogP contribution in [0.4, 0.5) is 0 Å². The van der Waals surface area contributed by atoms with Crippen LogP contribution in [0.15, 0.2) is 66.9 Å². The van der Waals surface area contributed by atoms with E-state index in [2.05, 4.69) is 15.6 Å². The predicted octanol–water partition coefficient (Wildman–Crippen LogP) is 2.32. The summed E-state index contributed by atoms with van der Waals surface area (Å²) in [6.45, 7) is 2.20. The van der Waals surface area contributed by atoms with Gasteiger partial charge in [-0.3, -0.25) is 24.2 Å². The molecule has 10 nitrogen and oxygen atoms in total. The van der Waals surface area contributed by atoms with E-state index in [1.165, 1.54) is 4.90 Å². The van der Waals surface area contributed by atoms with Crippen LogP contribution in [0.3, 0.4) is 0 Å². The van der Waals surface area contributed by atoms with Crippen LogP contribution in [0, 0.1) is 0 Å². The molecule has 0 aliphatic carbocycles. The van der Waals surface area contributed by atoms with E-state index < -0.39 is 36.3 Å². The summed E-state index contributed by atoms with van der Waals surface area (Å²) in [6, 6.07) is 16.4. The fourth-order valence-electron chi connectivity index (χ4n) is 4.93. The van der Waals surface area contributed by atoms with Gasteiger partial charge in [0.25, 0.3) is 5.91 Å². The number of carbonyl (C=O) groups excluding carboxylic acids is 4.